The van der Waals surface area contributed by atoms with Crippen molar-refractivity contribution in [2.45, 2.75) is 23.1 Å². The molecular weight excluding hydrogens is 659 g/mol. The van der Waals surface area contributed by atoms with Crippen molar-refractivity contribution in [3.8, 4) is 5.75 Å². The van der Waals surface area contributed by atoms with E-state index in [1.54, 1.807) is 6.92 Å². The topological polar surface area (TPSA) is 256 Å². The molecule has 0 aliphatic heterocycles. The van der Waals surface area contributed by atoms with Crippen LogP contribution >= 0.6 is 0 Å². The maximum Gasteiger partial charge on any atom is 1.00 e. The first-order chi connectivity index (χ1) is 18.5. The van der Waals surface area contributed by atoms with Gasteiger partial charge in [0, 0.05) is 11.8 Å². The quantitative estimate of drug-likeness (QED) is 0.0657. The normalized spacial score (nSPS) is 11.9. The predicted molar refractivity (Wildman–Crippen MR) is 137 cm³/mol. The molecule has 0 aliphatic carbocycles. The molecule has 0 aliphatic rings. The van der Waals surface area contributed by atoms with Crippen LogP contribution in [-0.4, -0.2) is 51.3 Å². The molecule has 3 aromatic rings. The van der Waals surface area contributed by atoms with E-state index in [2.05, 4.69) is 20.5 Å². The number of hydrogen-bond acceptors (Lipinski definition) is 15. The fourth-order valence-electron chi connectivity index (χ4n) is 3.10. The zero-order valence-electron chi connectivity index (χ0n) is 23.5. The molecule has 0 radical (unpaired) electrons. The summed E-state index contributed by atoms with van der Waals surface area (Å²) in [5.41, 5.74) is 6.61. The first-order valence-corrected chi connectivity index (χ1v) is 15.4. The van der Waals surface area contributed by atoms with Crippen LogP contribution in [0.5, 0.6) is 5.75 Å². The molecule has 0 aromatic heterocycles. The second kappa shape index (κ2) is 17.8. The van der Waals surface area contributed by atoms with Gasteiger partial charge in [-0.25, -0.2) is 25.3 Å². The van der Waals surface area contributed by atoms with Crippen molar-refractivity contribution in [3.63, 3.8) is 0 Å². The van der Waals surface area contributed by atoms with Gasteiger partial charge in [-0.2, -0.15) is 15.3 Å². The maximum atomic E-state index is 11.9. The van der Waals surface area contributed by atoms with Gasteiger partial charge in [0.25, 0.3) is 0 Å². The standard InChI is InChI=1S/C22H23N5O10S3.3Na/c1-14-11-18(23)21(37-9-2-10-38(28,29)30)13-20(14)27-26-19-8-5-16(12-22(19)40(34,35)36)25-24-15-3-6-17(7-4-15)39(31,32)33;;;/h3-8,11-13H,2,9-10,23H2,1H3,(H,28,29,30)(H,31,32,33)(H,34,35,36);;;/q;3*+1/p-3. The van der Waals surface area contributed by atoms with Crippen LogP contribution in [0.2, 0.25) is 0 Å². The molecular formula is C22H20N5Na3O10S3. The molecule has 0 fully saturated rings. The van der Waals surface area contributed by atoms with E-state index in [0.29, 0.717) is 5.56 Å². The predicted octanol–water partition coefficient (Wildman–Crippen LogP) is -5.46. The third kappa shape index (κ3) is 13.6. The smallest absolute Gasteiger partial charge is 0.748 e. The largest absolute Gasteiger partial charge is 1.00 e. The Bertz CT molecular complexity index is 1800. The van der Waals surface area contributed by atoms with Crippen LogP contribution in [0, 0.1) is 6.92 Å². The van der Waals surface area contributed by atoms with Crippen LogP contribution in [0.25, 0.3) is 0 Å². The molecule has 21 heteroatoms. The summed E-state index contributed by atoms with van der Waals surface area (Å²) in [4.78, 5) is -1.21. The molecule has 0 heterocycles. The average molecular weight is 680 g/mol. The molecule has 0 unspecified atom stereocenters. The molecule has 0 atom stereocenters. The number of nitrogens with two attached hydrogens (primary N) is 1. The van der Waals surface area contributed by atoms with Gasteiger partial charge in [-0.1, -0.05) is 0 Å². The van der Waals surface area contributed by atoms with Crippen molar-refractivity contribution in [1.29, 1.82) is 0 Å². The van der Waals surface area contributed by atoms with Crippen molar-refractivity contribution in [2.75, 3.05) is 18.1 Å². The Morgan fingerprint density at radius 2 is 1.28 bits per heavy atom. The molecule has 0 saturated heterocycles. The Morgan fingerprint density at radius 3 is 1.84 bits per heavy atom. The van der Waals surface area contributed by atoms with Crippen LogP contribution in [0.1, 0.15) is 12.0 Å². The Hall–Kier alpha value is -0.810. The average Bonchev–Trinajstić information content (AvgIpc) is 2.84. The first-order valence-electron chi connectivity index (χ1n) is 11.0. The van der Waals surface area contributed by atoms with E-state index < -0.39 is 45.9 Å². The van der Waals surface area contributed by atoms with E-state index in [0.717, 1.165) is 18.2 Å². The summed E-state index contributed by atoms with van der Waals surface area (Å²) in [7, 11) is -14.1. The van der Waals surface area contributed by atoms with Gasteiger partial charge in [0.1, 0.15) is 31.7 Å². The fourth-order valence-corrected chi connectivity index (χ4v) is 4.67. The summed E-state index contributed by atoms with van der Waals surface area (Å²) in [6.45, 7) is 1.51. The molecule has 0 spiro atoms. The van der Waals surface area contributed by atoms with Gasteiger partial charge in [0.15, 0.2) is 0 Å². The van der Waals surface area contributed by atoms with Gasteiger partial charge < -0.3 is 24.1 Å². The third-order valence-electron chi connectivity index (χ3n) is 5.01. The number of aryl methyl sites for hydroxylation is 1. The Kier molecular flexibility index (Phi) is 17.4. The molecule has 3 aromatic carbocycles. The number of ether oxygens (including phenoxy) is 1. The minimum absolute atomic E-state index is 0. The summed E-state index contributed by atoms with van der Waals surface area (Å²) in [6.07, 6.45) is -0.0717. The minimum atomic E-state index is -5.04. The minimum Gasteiger partial charge on any atom is -0.748 e. The van der Waals surface area contributed by atoms with E-state index in [1.807, 2.05) is 0 Å². The summed E-state index contributed by atoms with van der Waals surface area (Å²) < 4.78 is 106. The van der Waals surface area contributed by atoms with Crippen LogP contribution < -0.4 is 99.1 Å². The summed E-state index contributed by atoms with van der Waals surface area (Å²) in [6, 6.07) is 10.7. The van der Waals surface area contributed by atoms with Gasteiger partial charge in [-0.15, -0.1) is 5.11 Å². The Balaban J connectivity index is 0.00000588. The number of rotatable bonds is 11. The van der Waals surface area contributed by atoms with Crippen molar-refractivity contribution >= 4 is 58.8 Å². The number of benzene rings is 3. The van der Waals surface area contributed by atoms with Crippen molar-refractivity contribution in [2.24, 2.45) is 20.5 Å². The van der Waals surface area contributed by atoms with Crippen LogP contribution in [0.4, 0.5) is 28.4 Å². The van der Waals surface area contributed by atoms with Crippen molar-refractivity contribution < 1.29 is 132 Å². The zero-order valence-corrected chi connectivity index (χ0v) is 31.9. The number of hydrogen-bond donors (Lipinski definition) is 1. The number of nitrogens with zero attached hydrogens (tertiary/aromatic N) is 4. The summed E-state index contributed by atoms with van der Waals surface area (Å²) >= 11 is 0. The molecule has 43 heavy (non-hydrogen) atoms. The molecule has 0 saturated carbocycles. The summed E-state index contributed by atoms with van der Waals surface area (Å²) in [5, 5.41) is 15.5. The number of azo groups is 2. The Labute approximate surface area is 314 Å². The maximum absolute atomic E-state index is 11.9. The van der Waals surface area contributed by atoms with Crippen molar-refractivity contribution in [3.05, 3.63) is 60.2 Å². The zero-order chi connectivity index (χ0) is 29.7. The second-order valence-electron chi connectivity index (χ2n) is 8.09. The second-order valence-corrected chi connectivity index (χ2v) is 12.3. The SMILES string of the molecule is Cc1cc(N)c(OCCCS(=O)(=O)[O-])cc1N=Nc1ccc(N=Nc2ccc(S(=O)(=O)[O-])cc2)cc1S(=O)(=O)[O-].[Na+].[Na+].[Na+]. The number of nitrogen functional groups attached to an aromatic ring is 1. The summed E-state index contributed by atoms with van der Waals surface area (Å²) in [5.74, 6) is -0.498. The molecule has 214 valence electrons. The van der Waals surface area contributed by atoms with Crippen LogP contribution in [0.3, 0.4) is 0 Å². The first kappa shape index (κ1) is 42.2. The molecule has 0 amide bonds. The van der Waals surface area contributed by atoms with Crippen LogP contribution in [-0.2, 0) is 30.4 Å². The number of anilines is 1. The monoisotopic (exact) mass is 679 g/mol. The fraction of sp³-hybridized carbons (Fsp3) is 0.182. The van der Waals surface area contributed by atoms with Crippen LogP contribution in [0.15, 0.2) is 84.8 Å². The van der Waals surface area contributed by atoms with E-state index in [1.165, 1.54) is 36.4 Å². The Morgan fingerprint density at radius 1 is 0.721 bits per heavy atom. The molecule has 0 bridgehead atoms. The van der Waals surface area contributed by atoms with E-state index >= 15 is 0 Å². The van der Waals surface area contributed by atoms with E-state index in [9.17, 15) is 38.9 Å². The van der Waals surface area contributed by atoms with E-state index in [4.69, 9.17) is 10.5 Å². The van der Waals surface area contributed by atoms with Gasteiger partial charge in [-0.3, -0.25) is 0 Å². The van der Waals surface area contributed by atoms with Gasteiger partial charge in [0.2, 0.25) is 0 Å². The third-order valence-corrected chi connectivity index (χ3v) is 7.51. The molecule has 3 rings (SSSR count). The van der Waals surface area contributed by atoms with Gasteiger partial charge in [0.05, 0.1) is 49.3 Å². The van der Waals surface area contributed by atoms with Gasteiger partial charge >= 0.3 is 88.7 Å². The van der Waals surface area contributed by atoms with Gasteiger partial charge in [-0.05, 0) is 67.4 Å². The van der Waals surface area contributed by atoms with E-state index in [-0.39, 0.29) is 136 Å². The molecule has 2 N–H and O–H groups in total. The molecule has 15 nitrogen and oxygen atoms in total. The van der Waals surface area contributed by atoms with Crippen molar-refractivity contribution in [1.82, 2.24) is 0 Å².